The Morgan fingerprint density at radius 1 is 0.708 bits per heavy atom. The predicted molar refractivity (Wildman–Crippen MR) is 101 cm³/mol. The second kappa shape index (κ2) is 13.6. The van der Waals surface area contributed by atoms with Gasteiger partial charge >= 0.3 is 0 Å². The summed E-state index contributed by atoms with van der Waals surface area (Å²) in [5.41, 5.74) is 4.59. The number of rotatable bonds is 2. The Hall–Kier alpha value is -1.84. The standard InChI is InChI=1S/C14H14F2N2.3C2H6/c1-8-9(2)13(18-17-10(8)3)11-4-6-12(7-5-11)14(15)16;3*1-2/h4-7,14H,1-3H3;3*1-2H3. The third-order valence-electron chi connectivity index (χ3n) is 3.20. The van der Waals surface area contributed by atoms with Crippen LogP contribution in [0.5, 0.6) is 0 Å². The Balaban J connectivity index is 0. The van der Waals surface area contributed by atoms with Crippen LogP contribution < -0.4 is 0 Å². The fraction of sp³-hybridized carbons (Fsp3) is 0.500. The lowest BCUT2D eigenvalue weighted by molar-refractivity contribution is 0.151. The summed E-state index contributed by atoms with van der Waals surface area (Å²) in [6.45, 7) is 17.8. The van der Waals surface area contributed by atoms with Crippen molar-refractivity contribution >= 4 is 0 Å². The van der Waals surface area contributed by atoms with Crippen molar-refractivity contribution in [1.29, 1.82) is 0 Å². The van der Waals surface area contributed by atoms with Gasteiger partial charge in [0.05, 0.1) is 11.4 Å². The number of alkyl halides is 2. The molecule has 0 bridgehead atoms. The van der Waals surface area contributed by atoms with Crippen LogP contribution in [0.15, 0.2) is 24.3 Å². The lowest BCUT2D eigenvalue weighted by Gasteiger charge is -2.09. The van der Waals surface area contributed by atoms with Gasteiger partial charge in [0.25, 0.3) is 6.43 Å². The molecule has 0 spiro atoms. The number of aromatic nitrogens is 2. The normalized spacial score (nSPS) is 9.00. The van der Waals surface area contributed by atoms with Crippen molar-refractivity contribution < 1.29 is 8.78 Å². The van der Waals surface area contributed by atoms with E-state index in [1.165, 1.54) is 12.1 Å². The monoisotopic (exact) mass is 338 g/mol. The van der Waals surface area contributed by atoms with Crippen LogP contribution in [-0.2, 0) is 0 Å². The van der Waals surface area contributed by atoms with E-state index in [9.17, 15) is 8.78 Å². The maximum Gasteiger partial charge on any atom is 0.263 e. The van der Waals surface area contributed by atoms with Gasteiger partial charge in [-0.25, -0.2) is 8.78 Å². The number of hydrogen-bond donors (Lipinski definition) is 0. The Labute approximate surface area is 146 Å². The van der Waals surface area contributed by atoms with E-state index in [0.717, 1.165) is 28.1 Å². The Kier molecular flexibility index (Phi) is 13.8. The van der Waals surface area contributed by atoms with Gasteiger partial charge in [-0.05, 0) is 31.9 Å². The Bertz CT molecular complexity index is 565. The summed E-state index contributed by atoms with van der Waals surface area (Å²) in [6, 6.07) is 6.17. The highest BCUT2D eigenvalue weighted by Crippen LogP contribution is 2.26. The zero-order chi connectivity index (χ0) is 19.3. The summed E-state index contributed by atoms with van der Waals surface area (Å²) in [5.74, 6) is 0. The minimum absolute atomic E-state index is 0.0215. The molecular weight excluding hydrogens is 306 g/mol. The van der Waals surface area contributed by atoms with E-state index in [0.29, 0.717) is 0 Å². The SMILES string of the molecule is CC.CC.CC.Cc1nnc(-c2ccc(C(F)F)cc2)c(C)c1C. The van der Waals surface area contributed by atoms with Crippen molar-refractivity contribution in [3.05, 3.63) is 46.6 Å². The van der Waals surface area contributed by atoms with Gasteiger partial charge in [-0.1, -0.05) is 65.8 Å². The van der Waals surface area contributed by atoms with E-state index in [4.69, 9.17) is 0 Å². The molecule has 1 aromatic carbocycles. The van der Waals surface area contributed by atoms with Crippen LogP contribution in [-0.4, -0.2) is 10.2 Å². The lowest BCUT2D eigenvalue weighted by Crippen LogP contribution is -1.99. The third kappa shape index (κ3) is 6.73. The molecule has 0 saturated heterocycles. The number of benzene rings is 1. The quantitative estimate of drug-likeness (QED) is 0.584. The van der Waals surface area contributed by atoms with Gasteiger partial charge in [-0.15, -0.1) is 5.10 Å². The molecular formula is C20H32F2N2. The van der Waals surface area contributed by atoms with Crippen LogP contribution in [0, 0.1) is 20.8 Å². The molecule has 2 rings (SSSR count). The fourth-order valence-electron chi connectivity index (χ4n) is 1.78. The molecule has 0 unspecified atom stereocenters. The molecule has 136 valence electrons. The molecule has 0 aliphatic carbocycles. The topological polar surface area (TPSA) is 25.8 Å². The minimum Gasteiger partial charge on any atom is -0.205 e. The van der Waals surface area contributed by atoms with E-state index in [-0.39, 0.29) is 5.56 Å². The average Bonchev–Trinajstić information content (AvgIpc) is 2.65. The van der Waals surface area contributed by atoms with Crippen LogP contribution in [0.1, 0.15) is 70.4 Å². The van der Waals surface area contributed by atoms with Crippen LogP contribution >= 0.6 is 0 Å². The van der Waals surface area contributed by atoms with Gasteiger partial charge in [0.15, 0.2) is 0 Å². The zero-order valence-electron chi connectivity index (χ0n) is 16.5. The molecule has 0 atom stereocenters. The van der Waals surface area contributed by atoms with Gasteiger partial charge in [0.2, 0.25) is 0 Å². The van der Waals surface area contributed by atoms with Crippen molar-refractivity contribution in [3.63, 3.8) is 0 Å². The van der Waals surface area contributed by atoms with Gasteiger partial charge in [0.1, 0.15) is 0 Å². The molecule has 0 aliphatic heterocycles. The number of hydrogen-bond acceptors (Lipinski definition) is 2. The van der Waals surface area contributed by atoms with Gasteiger partial charge in [0, 0.05) is 11.1 Å². The molecule has 1 heterocycles. The molecule has 0 saturated carbocycles. The Morgan fingerprint density at radius 2 is 1.17 bits per heavy atom. The van der Waals surface area contributed by atoms with E-state index in [1.807, 2.05) is 62.3 Å². The molecule has 0 radical (unpaired) electrons. The maximum atomic E-state index is 12.5. The predicted octanol–water partition coefficient (Wildman–Crippen LogP) is 7.09. The fourth-order valence-corrected chi connectivity index (χ4v) is 1.78. The van der Waals surface area contributed by atoms with E-state index in [1.54, 1.807) is 12.1 Å². The smallest absolute Gasteiger partial charge is 0.205 e. The summed E-state index contributed by atoms with van der Waals surface area (Å²) in [5, 5.41) is 8.22. The van der Waals surface area contributed by atoms with Gasteiger partial charge in [-0.2, -0.15) is 5.10 Å². The van der Waals surface area contributed by atoms with Gasteiger partial charge < -0.3 is 0 Å². The number of aryl methyl sites for hydroxylation is 1. The van der Waals surface area contributed by atoms with Crippen molar-refractivity contribution in [2.45, 2.75) is 68.7 Å². The molecule has 24 heavy (non-hydrogen) atoms. The van der Waals surface area contributed by atoms with Crippen molar-refractivity contribution in [1.82, 2.24) is 10.2 Å². The highest BCUT2D eigenvalue weighted by Gasteiger charge is 2.11. The molecule has 2 nitrogen and oxygen atoms in total. The van der Waals surface area contributed by atoms with Crippen molar-refractivity contribution in [3.8, 4) is 11.3 Å². The van der Waals surface area contributed by atoms with Crippen LogP contribution in [0.25, 0.3) is 11.3 Å². The summed E-state index contributed by atoms with van der Waals surface area (Å²) in [6.07, 6.45) is -2.44. The molecule has 0 aliphatic rings. The van der Waals surface area contributed by atoms with E-state index < -0.39 is 6.43 Å². The minimum atomic E-state index is -2.44. The summed E-state index contributed by atoms with van der Waals surface area (Å²) < 4.78 is 24.9. The Morgan fingerprint density at radius 3 is 1.58 bits per heavy atom. The third-order valence-corrected chi connectivity index (χ3v) is 3.20. The zero-order valence-corrected chi connectivity index (χ0v) is 16.5. The average molecular weight is 338 g/mol. The first-order chi connectivity index (χ1) is 11.5. The van der Waals surface area contributed by atoms with E-state index >= 15 is 0 Å². The molecule has 0 fully saturated rings. The van der Waals surface area contributed by atoms with Crippen LogP contribution in [0.3, 0.4) is 0 Å². The summed E-state index contributed by atoms with van der Waals surface area (Å²) in [4.78, 5) is 0. The highest BCUT2D eigenvalue weighted by molar-refractivity contribution is 5.64. The van der Waals surface area contributed by atoms with E-state index in [2.05, 4.69) is 10.2 Å². The molecule has 4 heteroatoms. The molecule has 0 N–H and O–H groups in total. The van der Waals surface area contributed by atoms with Crippen LogP contribution in [0.4, 0.5) is 8.78 Å². The second-order valence-electron chi connectivity index (χ2n) is 4.31. The maximum absolute atomic E-state index is 12.5. The van der Waals surface area contributed by atoms with Crippen molar-refractivity contribution in [2.24, 2.45) is 0 Å². The molecule has 1 aromatic heterocycles. The second-order valence-corrected chi connectivity index (χ2v) is 4.31. The largest absolute Gasteiger partial charge is 0.263 e. The van der Waals surface area contributed by atoms with Gasteiger partial charge in [-0.3, -0.25) is 0 Å². The summed E-state index contributed by atoms with van der Waals surface area (Å²) in [7, 11) is 0. The van der Waals surface area contributed by atoms with Crippen molar-refractivity contribution in [2.75, 3.05) is 0 Å². The highest BCUT2D eigenvalue weighted by atomic mass is 19.3. The number of nitrogens with zero attached hydrogens (tertiary/aromatic N) is 2. The summed E-state index contributed by atoms with van der Waals surface area (Å²) >= 11 is 0. The first-order valence-corrected chi connectivity index (χ1v) is 8.69. The molecule has 0 amide bonds. The lowest BCUT2D eigenvalue weighted by atomic mass is 10.0. The molecule has 2 aromatic rings. The number of halogens is 2. The first-order valence-electron chi connectivity index (χ1n) is 8.69. The first kappa shape index (κ1) is 24.4. The van der Waals surface area contributed by atoms with Crippen LogP contribution in [0.2, 0.25) is 0 Å².